The molecule has 2 N–H and O–H groups in total. The van der Waals surface area contributed by atoms with E-state index >= 15 is 0 Å². The SMILES string of the molecule is CCOCCCn1c(NC(=O)CNC(=O)c2ccc(C)s2)nc2ccccc21. The number of carbonyl (C=O) groups excluding carboxylic acids is 2. The zero-order valence-corrected chi connectivity index (χ0v) is 16.8. The standard InChI is InChI=1S/C20H24N4O3S/c1-3-27-12-6-11-24-16-8-5-4-7-15(16)22-20(24)23-18(25)13-21-19(26)17-10-9-14(2)28-17/h4-5,7-10H,3,6,11-13H2,1-2H3,(H,21,26)(H,22,23,25). The first-order valence-corrected chi connectivity index (χ1v) is 10.1. The van der Waals surface area contributed by atoms with E-state index in [1.54, 1.807) is 6.07 Å². The highest BCUT2D eigenvalue weighted by atomic mass is 32.1. The van der Waals surface area contributed by atoms with Gasteiger partial charge in [0.15, 0.2) is 0 Å². The molecule has 0 aliphatic carbocycles. The number of carbonyl (C=O) groups is 2. The van der Waals surface area contributed by atoms with Crippen molar-refractivity contribution in [2.24, 2.45) is 0 Å². The van der Waals surface area contributed by atoms with Crippen LogP contribution in [0.5, 0.6) is 0 Å². The van der Waals surface area contributed by atoms with E-state index < -0.39 is 0 Å². The first-order chi connectivity index (χ1) is 13.6. The van der Waals surface area contributed by atoms with Crippen molar-refractivity contribution in [3.8, 4) is 0 Å². The lowest BCUT2D eigenvalue weighted by Gasteiger charge is -2.10. The van der Waals surface area contributed by atoms with Crippen molar-refractivity contribution in [2.45, 2.75) is 26.8 Å². The fraction of sp³-hybridized carbons (Fsp3) is 0.350. The lowest BCUT2D eigenvalue weighted by molar-refractivity contribution is -0.115. The first kappa shape index (κ1) is 20.0. The molecule has 0 aliphatic rings. The summed E-state index contributed by atoms with van der Waals surface area (Å²) in [6.07, 6.45) is 0.811. The smallest absolute Gasteiger partial charge is 0.261 e. The molecule has 7 nitrogen and oxygen atoms in total. The number of ether oxygens (including phenoxy) is 1. The van der Waals surface area contributed by atoms with Gasteiger partial charge >= 0.3 is 0 Å². The van der Waals surface area contributed by atoms with Crippen LogP contribution in [0.1, 0.15) is 27.9 Å². The Hall–Kier alpha value is -2.71. The number of nitrogens with one attached hydrogen (secondary N) is 2. The molecule has 0 aliphatic heterocycles. The Balaban J connectivity index is 1.65. The van der Waals surface area contributed by atoms with E-state index in [-0.39, 0.29) is 18.4 Å². The Labute approximate surface area is 167 Å². The number of fused-ring (bicyclic) bond motifs is 1. The zero-order valence-electron chi connectivity index (χ0n) is 16.0. The second-order valence-corrected chi connectivity index (χ2v) is 7.56. The molecule has 1 aromatic carbocycles. The van der Waals surface area contributed by atoms with Gasteiger partial charge in [-0.3, -0.25) is 14.9 Å². The average Bonchev–Trinajstić information content (AvgIpc) is 3.27. The molecule has 0 radical (unpaired) electrons. The summed E-state index contributed by atoms with van der Waals surface area (Å²) in [6.45, 7) is 5.79. The molecule has 0 unspecified atom stereocenters. The molecule has 0 bridgehead atoms. The predicted octanol–water partition coefficient (Wildman–Crippen LogP) is 3.20. The van der Waals surface area contributed by atoms with E-state index in [0.717, 1.165) is 22.3 Å². The number of hydrogen-bond acceptors (Lipinski definition) is 5. The van der Waals surface area contributed by atoms with E-state index in [9.17, 15) is 9.59 Å². The van der Waals surface area contributed by atoms with Crippen LogP contribution in [0.3, 0.4) is 0 Å². The highest BCUT2D eigenvalue weighted by Gasteiger charge is 2.14. The van der Waals surface area contributed by atoms with Crippen molar-refractivity contribution in [3.63, 3.8) is 0 Å². The summed E-state index contributed by atoms with van der Waals surface area (Å²) >= 11 is 1.40. The summed E-state index contributed by atoms with van der Waals surface area (Å²) < 4.78 is 7.37. The number of anilines is 1. The second kappa shape index (κ2) is 9.48. The number of aromatic nitrogens is 2. The average molecular weight is 401 g/mol. The van der Waals surface area contributed by atoms with Crippen molar-refractivity contribution >= 4 is 40.1 Å². The molecule has 8 heteroatoms. The highest BCUT2D eigenvalue weighted by Crippen LogP contribution is 2.20. The molecule has 2 aromatic heterocycles. The van der Waals surface area contributed by atoms with Gasteiger partial charge in [-0.2, -0.15) is 0 Å². The minimum absolute atomic E-state index is 0.113. The largest absolute Gasteiger partial charge is 0.382 e. The molecule has 2 amide bonds. The minimum Gasteiger partial charge on any atom is -0.382 e. The maximum atomic E-state index is 12.4. The second-order valence-electron chi connectivity index (χ2n) is 6.27. The van der Waals surface area contributed by atoms with Crippen LogP contribution in [-0.2, 0) is 16.1 Å². The van der Waals surface area contributed by atoms with Gasteiger partial charge in [0.1, 0.15) is 0 Å². The summed E-state index contributed by atoms with van der Waals surface area (Å²) in [5.41, 5.74) is 1.76. The highest BCUT2D eigenvalue weighted by molar-refractivity contribution is 7.13. The summed E-state index contributed by atoms with van der Waals surface area (Å²) in [5.74, 6) is -0.0922. The van der Waals surface area contributed by atoms with Gasteiger partial charge in [0.2, 0.25) is 11.9 Å². The van der Waals surface area contributed by atoms with Gasteiger partial charge in [-0.1, -0.05) is 12.1 Å². The van der Waals surface area contributed by atoms with Crippen LogP contribution < -0.4 is 10.6 Å². The van der Waals surface area contributed by atoms with E-state index in [1.165, 1.54) is 11.3 Å². The third-order valence-corrected chi connectivity index (χ3v) is 5.15. The van der Waals surface area contributed by atoms with E-state index in [1.807, 2.05) is 48.7 Å². The summed E-state index contributed by atoms with van der Waals surface area (Å²) in [6, 6.07) is 11.4. The molecule has 0 atom stereocenters. The predicted molar refractivity (Wildman–Crippen MR) is 111 cm³/mol. The molecule has 148 valence electrons. The number of hydrogen-bond donors (Lipinski definition) is 2. The summed E-state index contributed by atoms with van der Waals surface area (Å²) in [7, 11) is 0. The Bertz CT molecular complexity index is 963. The van der Waals surface area contributed by atoms with Crippen molar-refractivity contribution < 1.29 is 14.3 Å². The third kappa shape index (κ3) is 4.96. The van der Waals surface area contributed by atoms with E-state index in [0.29, 0.717) is 30.6 Å². The molecule has 3 rings (SSSR count). The van der Waals surface area contributed by atoms with E-state index in [2.05, 4.69) is 15.6 Å². The molecule has 2 heterocycles. The maximum absolute atomic E-state index is 12.4. The lowest BCUT2D eigenvalue weighted by atomic mass is 10.3. The first-order valence-electron chi connectivity index (χ1n) is 9.26. The maximum Gasteiger partial charge on any atom is 0.261 e. The molecule has 3 aromatic rings. The van der Waals surface area contributed by atoms with Gasteiger partial charge in [0.25, 0.3) is 5.91 Å². The number of para-hydroxylation sites is 2. The third-order valence-electron chi connectivity index (χ3n) is 4.15. The van der Waals surface area contributed by atoms with E-state index in [4.69, 9.17) is 4.74 Å². The van der Waals surface area contributed by atoms with Crippen LogP contribution in [0.25, 0.3) is 11.0 Å². The van der Waals surface area contributed by atoms with Crippen LogP contribution in [0, 0.1) is 6.92 Å². The minimum atomic E-state index is -0.317. The van der Waals surface area contributed by atoms with Gasteiger partial charge in [-0.25, -0.2) is 4.98 Å². The van der Waals surface area contributed by atoms with Crippen molar-refractivity contribution in [1.29, 1.82) is 0 Å². The Kier molecular flexibility index (Phi) is 6.78. The van der Waals surface area contributed by atoms with Gasteiger partial charge in [-0.15, -0.1) is 11.3 Å². The lowest BCUT2D eigenvalue weighted by Crippen LogP contribution is -2.33. The summed E-state index contributed by atoms with van der Waals surface area (Å²) in [5, 5.41) is 5.46. The number of nitrogens with zero attached hydrogens (tertiary/aromatic N) is 2. The fourth-order valence-electron chi connectivity index (χ4n) is 2.84. The molecule has 0 spiro atoms. The number of thiophene rings is 1. The number of imidazole rings is 1. The van der Waals surface area contributed by atoms with Crippen molar-refractivity contribution in [3.05, 3.63) is 46.2 Å². The van der Waals surface area contributed by atoms with Crippen molar-refractivity contribution in [1.82, 2.24) is 14.9 Å². The Morgan fingerprint density at radius 3 is 2.79 bits per heavy atom. The van der Waals surface area contributed by atoms with Gasteiger partial charge in [0.05, 0.1) is 22.5 Å². The monoisotopic (exact) mass is 400 g/mol. The molecule has 0 fully saturated rings. The molecular weight excluding hydrogens is 376 g/mol. The number of amides is 2. The fourth-order valence-corrected chi connectivity index (χ4v) is 3.62. The van der Waals surface area contributed by atoms with Crippen LogP contribution in [0.4, 0.5) is 5.95 Å². The Morgan fingerprint density at radius 2 is 2.04 bits per heavy atom. The molecular formula is C20H24N4O3S. The van der Waals surface area contributed by atoms with Crippen molar-refractivity contribution in [2.75, 3.05) is 25.1 Å². The summed E-state index contributed by atoms with van der Waals surface area (Å²) in [4.78, 5) is 30.6. The normalized spacial score (nSPS) is 10.9. The van der Waals surface area contributed by atoms with Gasteiger partial charge in [0, 0.05) is 24.6 Å². The van der Waals surface area contributed by atoms with Crippen LogP contribution >= 0.6 is 11.3 Å². The van der Waals surface area contributed by atoms with Crippen LogP contribution in [-0.4, -0.2) is 41.1 Å². The molecule has 0 saturated heterocycles. The van der Waals surface area contributed by atoms with Crippen LogP contribution in [0.15, 0.2) is 36.4 Å². The number of benzene rings is 1. The topological polar surface area (TPSA) is 85.2 Å². The Morgan fingerprint density at radius 1 is 1.21 bits per heavy atom. The molecule has 28 heavy (non-hydrogen) atoms. The van der Waals surface area contributed by atoms with Gasteiger partial charge < -0.3 is 14.6 Å². The number of rotatable bonds is 9. The molecule has 0 saturated carbocycles. The van der Waals surface area contributed by atoms with Gasteiger partial charge in [-0.05, 0) is 44.5 Å². The quantitative estimate of drug-likeness (QED) is 0.540. The zero-order chi connectivity index (χ0) is 19.9. The number of aryl methyl sites for hydroxylation is 2. The van der Waals surface area contributed by atoms with Crippen LogP contribution in [0.2, 0.25) is 0 Å².